The van der Waals surface area contributed by atoms with E-state index >= 15 is 0 Å². The Bertz CT molecular complexity index is 173. The molecule has 0 spiro atoms. The normalized spacial score (nSPS) is 38.8. The van der Waals surface area contributed by atoms with Gasteiger partial charge in [0.15, 0.2) is 0 Å². The third-order valence-corrected chi connectivity index (χ3v) is 3.35. The van der Waals surface area contributed by atoms with Crippen LogP contribution in [0.15, 0.2) is 0 Å². The molecule has 0 radical (unpaired) electrons. The predicted octanol–water partition coefficient (Wildman–Crippen LogP) is -2.43. The molecule has 0 aromatic carbocycles. The maximum atomic E-state index is 10.6. The first kappa shape index (κ1) is 10.6. The number of carbonyl (C=O) groups is 1. The van der Waals surface area contributed by atoms with Gasteiger partial charge in [0.25, 0.3) is 0 Å². The van der Waals surface area contributed by atoms with Gasteiger partial charge in [0.2, 0.25) is 0 Å². The van der Waals surface area contributed by atoms with Crippen molar-refractivity contribution < 1.29 is 39.5 Å². The van der Waals surface area contributed by atoms with Crippen LogP contribution in [-0.2, 0) is 4.79 Å². The van der Waals surface area contributed by atoms with E-state index < -0.39 is 5.97 Å². The fraction of sp³-hybridized carbons (Fsp3) is 0.889. The zero-order valence-corrected chi connectivity index (χ0v) is 9.58. The van der Waals surface area contributed by atoms with Gasteiger partial charge in [-0.05, 0) is 31.1 Å². The number of hydrogen-bond donors (Lipinski definition) is 0. The largest absolute Gasteiger partial charge is 1.00 e. The van der Waals surface area contributed by atoms with Crippen molar-refractivity contribution >= 4 is 5.97 Å². The quantitative estimate of drug-likeness (QED) is 0.417. The zero-order valence-electron chi connectivity index (χ0n) is 7.58. The molecule has 3 heteroatoms. The molecule has 3 saturated carbocycles. The molecule has 2 bridgehead atoms. The van der Waals surface area contributed by atoms with Crippen LogP contribution in [0.5, 0.6) is 0 Å². The Morgan fingerprint density at radius 3 is 2.00 bits per heavy atom. The van der Waals surface area contributed by atoms with E-state index in [1.54, 1.807) is 0 Å². The molecule has 0 aromatic rings. The maximum Gasteiger partial charge on any atom is 1.00 e. The molecule has 3 aliphatic carbocycles. The van der Waals surface area contributed by atoms with Gasteiger partial charge in [-0.1, -0.05) is 12.8 Å². The van der Waals surface area contributed by atoms with Crippen molar-refractivity contribution in [3.63, 3.8) is 0 Å². The summed E-state index contributed by atoms with van der Waals surface area (Å²) < 4.78 is 0. The smallest absolute Gasteiger partial charge is 0.550 e. The molecule has 12 heavy (non-hydrogen) atoms. The number of rotatable bonds is 1. The number of carboxylic acid groups (broad SMARTS) is 1. The fourth-order valence-corrected chi connectivity index (χ4v) is 2.67. The van der Waals surface area contributed by atoms with Crippen molar-refractivity contribution in [3.05, 3.63) is 0 Å². The summed E-state index contributed by atoms with van der Waals surface area (Å²) in [7, 11) is 0. The summed E-state index contributed by atoms with van der Waals surface area (Å²) in [5.74, 6) is 0.231. The van der Waals surface area contributed by atoms with Crippen LogP contribution in [0, 0.1) is 17.8 Å². The summed E-state index contributed by atoms with van der Waals surface area (Å²) in [6.45, 7) is 0. The molecular formula is C9H13NaO2. The molecule has 0 unspecified atom stereocenters. The van der Waals surface area contributed by atoms with E-state index in [4.69, 9.17) is 0 Å². The van der Waals surface area contributed by atoms with Gasteiger partial charge in [0, 0.05) is 11.9 Å². The average molecular weight is 176 g/mol. The number of fused-ring (bicyclic) bond motifs is 3. The summed E-state index contributed by atoms with van der Waals surface area (Å²) in [6, 6.07) is 0. The van der Waals surface area contributed by atoms with Gasteiger partial charge in [-0.3, -0.25) is 0 Å². The van der Waals surface area contributed by atoms with E-state index in [9.17, 15) is 9.90 Å². The zero-order chi connectivity index (χ0) is 7.84. The third kappa shape index (κ3) is 1.86. The molecule has 1 atom stereocenters. The van der Waals surface area contributed by atoms with E-state index in [1.807, 2.05) is 0 Å². The van der Waals surface area contributed by atoms with Crippen molar-refractivity contribution in [1.82, 2.24) is 0 Å². The van der Waals surface area contributed by atoms with Gasteiger partial charge in [0.1, 0.15) is 0 Å². The predicted molar refractivity (Wildman–Crippen MR) is 38.6 cm³/mol. The maximum absolute atomic E-state index is 10.6. The minimum atomic E-state index is -0.806. The molecule has 0 aliphatic heterocycles. The first-order valence-electron chi connectivity index (χ1n) is 4.48. The van der Waals surface area contributed by atoms with Crippen molar-refractivity contribution in [2.45, 2.75) is 32.1 Å². The monoisotopic (exact) mass is 176 g/mol. The molecule has 0 amide bonds. The second-order valence-corrected chi connectivity index (χ2v) is 3.94. The van der Waals surface area contributed by atoms with Gasteiger partial charge in [-0.2, -0.15) is 0 Å². The molecule has 0 saturated heterocycles. The van der Waals surface area contributed by atoms with Crippen molar-refractivity contribution in [2.75, 3.05) is 0 Å². The number of carboxylic acids is 1. The van der Waals surface area contributed by atoms with Gasteiger partial charge in [-0.25, -0.2) is 0 Å². The average Bonchev–Trinajstić information content (AvgIpc) is 2.06. The van der Waals surface area contributed by atoms with Crippen LogP contribution >= 0.6 is 0 Å². The Morgan fingerprint density at radius 1 is 1.17 bits per heavy atom. The van der Waals surface area contributed by atoms with E-state index in [0.717, 1.165) is 19.3 Å². The Morgan fingerprint density at radius 2 is 1.75 bits per heavy atom. The number of carbonyl (C=O) groups excluding carboxylic acids is 1. The van der Waals surface area contributed by atoms with Crippen LogP contribution in [0.1, 0.15) is 32.1 Å². The van der Waals surface area contributed by atoms with Crippen LogP contribution in [-0.4, -0.2) is 5.97 Å². The Labute approximate surface area is 95.0 Å². The van der Waals surface area contributed by atoms with Gasteiger partial charge >= 0.3 is 29.6 Å². The molecule has 3 rings (SSSR count). The van der Waals surface area contributed by atoms with Crippen molar-refractivity contribution in [1.29, 1.82) is 0 Å². The molecule has 0 heterocycles. The first-order chi connectivity index (χ1) is 5.27. The Balaban J connectivity index is 0.000000720. The Kier molecular flexibility index (Phi) is 3.62. The van der Waals surface area contributed by atoms with Crippen LogP contribution in [0.3, 0.4) is 0 Å². The van der Waals surface area contributed by atoms with E-state index in [1.165, 1.54) is 12.8 Å². The summed E-state index contributed by atoms with van der Waals surface area (Å²) >= 11 is 0. The van der Waals surface area contributed by atoms with E-state index in [2.05, 4.69) is 0 Å². The first-order valence-corrected chi connectivity index (χ1v) is 4.48. The topological polar surface area (TPSA) is 40.1 Å². The molecule has 0 N–H and O–H groups in total. The molecule has 0 aromatic heterocycles. The summed E-state index contributed by atoms with van der Waals surface area (Å²) in [6.07, 6.45) is 5.67. The van der Waals surface area contributed by atoms with Crippen molar-refractivity contribution in [3.8, 4) is 0 Å². The summed E-state index contributed by atoms with van der Waals surface area (Å²) in [5.41, 5.74) is 0. The second kappa shape index (κ2) is 4.12. The summed E-state index contributed by atoms with van der Waals surface area (Å²) in [4.78, 5) is 10.6. The molecule has 3 fully saturated rings. The number of aliphatic carboxylic acids is 1. The van der Waals surface area contributed by atoms with Gasteiger partial charge in [-0.15, -0.1) is 0 Å². The molecule has 62 valence electrons. The van der Waals surface area contributed by atoms with Crippen LogP contribution < -0.4 is 34.7 Å². The van der Waals surface area contributed by atoms with Gasteiger partial charge < -0.3 is 9.90 Å². The van der Waals surface area contributed by atoms with E-state index in [0.29, 0.717) is 11.8 Å². The minimum absolute atomic E-state index is 0. The minimum Gasteiger partial charge on any atom is -0.550 e. The SMILES string of the molecule is O=C([O-])[C@H]1CC2CCC1CC2.[Na+]. The van der Waals surface area contributed by atoms with Crippen molar-refractivity contribution in [2.24, 2.45) is 17.8 Å². The van der Waals surface area contributed by atoms with Crippen LogP contribution in [0.2, 0.25) is 0 Å². The molecular weight excluding hydrogens is 163 g/mol. The van der Waals surface area contributed by atoms with Crippen LogP contribution in [0.25, 0.3) is 0 Å². The van der Waals surface area contributed by atoms with E-state index in [-0.39, 0.29) is 35.5 Å². The van der Waals surface area contributed by atoms with Gasteiger partial charge in [0.05, 0.1) is 0 Å². The van der Waals surface area contributed by atoms with Crippen LogP contribution in [0.4, 0.5) is 0 Å². The Hall–Kier alpha value is 0.470. The third-order valence-electron chi connectivity index (χ3n) is 3.35. The second-order valence-electron chi connectivity index (χ2n) is 3.94. The summed E-state index contributed by atoms with van der Waals surface area (Å²) in [5, 5.41) is 10.6. The number of hydrogen-bond acceptors (Lipinski definition) is 2. The molecule has 3 aliphatic rings. The molecule has 2 nitrogen and oxygen atoms in total. The fourth-order valence-electron chi connectivity index (χ4n) is 2.67. The standard InChI is InChI=1S/C9H14O2.Na/c10-9(11)8-5-6-1-3-7(8)4-2-6;/h6-8H,1-5H2,(H,10,11);/q;+1/p-1/t6?,7?,8-;/m0./s1.